The topological polar surface area (TPSA) is 34.1 Å². The zero-order valence-electron chi connectivity index (χ0n) is 10.4. The third-order valence-electron chi connectivity index (χ3n) is 2.45. The zero-order chi connectivity index (χ0) is 13.0. The van der Waals surface area contributed by atoms with Crippen molar-refractivity contribution in [2.45, 2.75) is 20.0 Å². The molecule has 0 aliphatic rings. The molecule has 0 saturated heterocycles. The van der Waals surface area contributed by atoms with Gasteiger partial charge >= 0.3 is 0 Å². The van der Waals surface area contributed by atoms with Crippen LogP contribution >= 0.6 is 22.9 Å². The Balaban J connectivity index is 1.91. The van der Waals surface area contributed by atoms with Crippen molar-refractivity contribution < 1.29 is 4.74 Å². The van der Waals surface area contributed by atoms with Gasteiger partial charge in [0.15, 0.2) is 0 Å². The number of pyridine rings is 1. The Hall–Kier alpha value is -1.10. The zero-order valence-corrected chi connectivity index (χ0v) is 11.9. The first kappa shape index (κ1) is 13.3. The van der Waals surface area contributed by atoms with Gasteiger partial charge in [-0.2, -0.15) is 0 Å². The molecule has 0 aliphatic carbocycles. The summed E-state index contributed by atoms with van der Waals surface area (Å²) >= 11 is 7.47. The molecule has 0 radical (unpaired) electrons. The Morgan fingerprint density at radius 3 is 2.83 bits per heavy atom. The molecule has 2 heterocycles. The molecule has 0 fully saturated rings. The van der Waals surface area contributed by atoms with Gasteiger partial charge in [-0.1, -0.05) is 11.6 Å². The Morgan fingerprint density at radius 2 is 2.17 bits per heavy atom. The summed E-state index contributed by atoms with van der Waals surface area (Å²) in [5.74, 6) is 0.846. The number of ether oxygens (including phenoxy) is 1. The van der Waals surface area contributed by atoms with Crippen molar-refractivity contribution in [3.05, 3.63) is 44.9 Å². The molecule has 2 aromatic heterocycles. The lowest BCUT2D eigenvalue weighted by Crippen LogP contribution is -2.13. The van der Waals surface area contributed by atoms with E-state index in [1.165, 1.54) is 4.88 Å². The van der Waals surface area contributed by atoms with E-state index in [9.17, 15) is 0 Å². The summed E-state index contributed by atoms with van der Waals surface area (Å²) in [6, 6.07) is 7.81. The molecule has 0 aromatic carbocycles. The number of hydrogen-bond acceptors (Lipinski definition) is 4. The summed E-state index contributed by atoms with van der Waals surface area (Å²) < 4.78 is 6.04. The minimum absolute atomic E-state index is 0.716. The van der Waals surface area contributed by atoms with Crippen LogP contribution in [-0.4, -0.2) is 12.1 Å². The Labute approximate surface area is 116 Å². The van der Waals surface area contributed by atoms with E-state index in [1.54, 1.807) is 18.4 Å². The first-order chi connectivity index (χ1) is 8.67. The summed E-state index contributed by atoms with van der Waals surface area (Å²) in [6.45, 7) is 3.48. The molecule has 1 N–H and O–H groups in total. The lowest BCUT2D eigenvalue weighted by atomic mass is 10.3. The normalized spacial score (nSPS) is 10.6. The maximum atomic E-state index is 5.88. The highest BCUT2D eigenvalue weighted by atomic mass is 35.5. The molecule has 3 nitrogen and oxygen atoms in total. The first-order valence-electron chi connectivity index (χ1n) is 5.64. The van der Waals surface area contributed by atoms with Crippen LogP contribution in [0.1, 0.15) is 16.3 Å². The van der Waals surface area contributed by atoms with Crippen LogP contribution < -0.4 is 10.1 Å². The Morgan fingerprint density at radius 1 is 1.33 bits per heavy atom. The van der Waals surface area contributed by atoms with Gasteiger partial charge in [-0.15, -0.1) is 11.3 Å². The number of hydrogen-bond donors (Lipinski definition) is 1. The number of methoxy groups -OCH3 is 1. The summed E-state index contributed by atoms with van der Waals surface area (Å²) in [5.41, 5.74) is 1.94. The molecule has 96 valence electrons. The number of nitrogens with zero attached hydrogens (tertiary/aromatic N) is 1. The van der Waals surface area contributed by atoms with E-state index in [0.717, 1.165) is 28.0 Å². The number of nitrogens with one attached hydrogen (secondary N) is 1. The lowest BCUT2D eigenvalue weighted by Gasteiger charge is -2.06. The fourth-order valence-corrected chi connectivity index (χ4v) is 2.73. The molecule has 5 heteroatoms. The molecule has 0 saturated carbocycles. The largest absolute Gasteiger partial charge is 0.497 e. The molecule has 0 unspecified atom stereocenters. The van der Waals surface area contributed by atoms with Crippen LogP contribution in [0.15, 0.2) is 24.3 Å². The van der Waals surface area contributed by atoms with Gasteiger partial charge in [0.05, 0.1) is 17.1 Å². The van der Waals surface area contributed by atoms with E-state index in [-0.39, 0.29) is 0 Å². The smallest absolute Gasteiger partial charge is 0.122 e. The van der Waals surface area contributed by atoms with Crippen LogP contribution in [0.4, 0.5) is 0 Å². The maximum Gasteiger partial charge on any atom is 0.122 e. The van der Waals surface area contributed by atoms with Gasteiger partial charge in [0.25, 0.3) is 0 Å². The molecule has 0 amide bonds. The minimum Gasteiger partial charge on any atom is -0.497 e. The molecule has 2 aromatic rings. The summed E-state index contributed by atoms with van der Waals surface area (Å²) in [7, 11) is 1.67. The molecule has 0 bridgehead atoms. The van der Waals surface area contributed by atoms with Crippen molar-refractivity contribution >= 4 is 22.9 Å². The second kappa shape index (κ2) is 6.18. The second-order valence-electron chi connectivity index (χ2n) is 3.95. The molecule has 0 spiro atoms. The van der Waals surface area contributed by atoms with Crippen molar-refractivity contribution in [2.24, 2.45) is 0 Å². The summed E-state index contributed by atoms with van der Waals surface area (Å²) in [4.78, 5) is 5.67. The number of thiophene rings is 1. The first-order valence-corrected chi connectivity index (χ1v) is 6.83. The number of aryl methyl sites for hydroxylation is 1. The van der Waals surface area contributed by atoms with Crippen LogP contribution in [0.3, 0.4) is 0 Å². The van der Waals surface area contributed by atoms with Crippen LogP contribution in [-0.2, 0) is 13.1 Å². The fraction of sp³-hybridized carbons (Fsp3) is 0.308. The second-order valence-corrected chi connectivity index (χ2v) is 5.75. The van der Waals surface area contributed by atoms with E-state index in [2.05, 4.69) is 10.3 Å². The fourth-order valence-electron chi connectivity index (χ4n) is 1.67. The van der Waals surface area contributed by atoms with E-state index in [4.69, 9.17) is 16.3 Å². The van der Waals surface area contributed by atoms with Crippen LogP contribution in [0.25, 0.3) is 0 Å². The van der Waals surface area contributed by atoms with E-state index >= 15 is 0 Å². The maximum absolute atomic E-state index is 5.88. The van der Waals surface area contributed by atoms with Crippen molar-refractivity contribution in [3.63, 3.8) is 0 Å². The highest BCUT2D eigenvalue weighted by molar-refractivity contribution is 7.16. The van der Waals surface area contributed by atoms with Gasteiger partial charge in [-0.25, -0.2) is 0 Å². The van der Waals surface area contributed by atoms with Crippen molar-refractivity contribution in [3.8, 4) is 5.75 Å². The van der Waals surface area contributed by atoms with Gasteiger partial charge in [0.2, 0.25) is 0 Å². The van der Waals surface area contributed by atoms with Crippen LogP contribution in [0.5, 0.6) is 5.75 Å². The summed E-state index contributed by atoms with van der Waals surface area (Å²) in [6.07, 6.45) is 0. The third-order valence-corrected chi connectivity index (χ3v) is 3.68. The predicted octanol–water partition coefficient (Wildman–Crippen LogP) is 3.40. The summed E-state index contributed by atoms with van der Waals surface area (Å²) in [5, 5.41) is 3.34. The van der Waals surface area contributed by atoms with Gasteiger partial charge < -0.3 is 10.1 Å². The highest BCUT2D eigenvalue weighted by Gasteiger charge is 2.01. The van der Waals surface area contributed by atoms with Crippen LogP contribution in [0, 0.1) is 6.92 Å². The van der Waals surface area contributed by atoms with Gasteiger partial charge in [0, 0.05) is 35.8 Å². The van der Waals surface area contributed by atoms with E-state index in [1.807, 2.05) is 31.2 Å². The minimum atomic E-state index is 0.716. The lowest BCUT2D eigenvalue weighted by molar-refractivity contribution is 0.412. The third kappa shape index (κ3) is 3.70. The SMILES string of the molecule is COc1cc(C)nc(CNCc2ccc(Cl)s2)c1. The van der Waals surface area contributed by atoms with Crippen molar-refractivity contribution in [1.82, 2.24) is 10.3 Å². The molecule has 0 aliphatic heterocycles. The van der Waals surface area contributed by atoms with Crippen LogP contribution in [0.2, 0.25) is 4.34 Å². The Kier molecular flexibility index (Phi) is 4.58. The molecular weight excluding hydrogens is 268 g/mol. The average molecular weight is 283 g/mol. The highest BCUT2D eigenvalue weighted by Crippen LogP contribution is 2.21. The van der Waals surface area contributed by atoms with E-state index in [0.29, 0.717) is 6.54 Å². The molecule has 18 heavy (non-hydrogen) atoms. The van der Waals surface area contributed by atoms with E-state index < -0.39 is 0 Å². The van der Waals surface area contributed by atoms with Gasteiger partial charge in [-0.3, -0.25) is 4.98 Å². The number of aromatic nitrogens is 1. The quantitative estimate of drug-likeness (QED) is 0.913. The van der Waals surface area contributed by atoms with Gasteiger partial charge in [-0.05, 0) is 19.1 Å². The molecule has 0 atom stereocenters. The molecule has 2 rings (SSSR count). The van der Waals surface area contributed by atoms with Crippen molar-refractivity contribution in [1.29, 1.82) is 0 Å². The predicted molar refractivity (Wildman–Crippen MR) is 75.4 cm³/mol. The van der Waals surface area contributed by atoms with Crippen molar-refractivity contribution in [2.75, 3.05) is 7.11 Å². The number of rotatable bonds is 5. The standard InChI is InChI=1S/C13H15ClN2OS/c1-9-5-11(17-2)6-10(16-9)7-15-8-12-3-4-13(14)18-12/h3-6,15H,7-8H2,1-2H3. The number of halogens is 1. The average Bonchev–Trinajstić information content (AvgIpc) is 2.74. The Bertz CT molecular complexity index is 527. The molecular formula is C13H15ClN2OS. The van der Waals surface area contributed by atoms with Gasteiger partial charge in [0.1, 0.15) is 5.75 Å². The monoisotopic (exact) mass is 282 g/mol.